The van der Waals surface area contributed by atoms with Gasteiger partial charge in [0.2, 0.25) is 5.88 Å². The van der Waals surface area contributed by atoms with Gasteiger partial charge in [-0.05, 0) is 6.07 Å². The summed E-state index contributed by atoms with van der Waals surface area (Å²) in [5.41, 5.74) is 0.781. The van der Waals surface area contributed by atoms with Crippen molar-refractivity contribution in [1.82, 2.24) is 15.0 Å². The monoisotopic (exact) mass is 262 g/mol. The van der Waals surface area contributed by atoms with Gasteiger partial charge in [-0.2, -0.15) is 11.8 Å². The molecule has 0 atom stereocenters. The molecule has 1 saturated heterocycles. The first-order valence-corrected chi connectivity index (χ1v) is 7.02. The third-order valence-corrected chi connectivity index (χ3v) is 3.94. The van der Waals surface area contributed by atoms with Crippen LogP contribution in [0.5, 0.6) is 5.88 Å². The normalized spacial score (nSPS) is 15.9. The van der Waals surface area contributed by atoms with Crippen LogP contribution >= 0.6 is 11.8 Å². The maximum absolute atomic E-state index is 5.25. The van der Waals surface area contributed by atoms with E-state index in [9.17, 15) is 0 Å². The molecule has 5 nitrogen and oxygen atoms in total. The minimum Gasteiger partial charge on any atom is -0.479 e. The van der Waals surface area contributed by atoms with E-state index in [1.165, 1.54) is 0 Å². The first kappa shape index (κ1) is 11.5. The van der Waals surface area contributed by atoms with Crippen molar-refractivity contribution >= 4 is 28.5 Å². The van der Waals surface area contributed by atoms with Crippen molar-refractivity contribution in [1.29, 1.82) is 0 Å². The van der Waals surface area contributed by atoms with Gasteiger partial charge in [-0.15, -0.1) is 0 Å². The fourth-order valence-electron chi connectivity index (χ4n) is 2.13. The van der Waals surface area contributed by atoms with Crippen molar-refractivity contribution < 1.29 is 4.74 Å². The molecule has 0 aromatic carbocycles. The summed E-state index contributed by atoms with van der Waals surface area (Å²) in [4.78, 5) is 15.2. The number of pyridine rings is 1. The van der Waals surface area contributed by atoms with Crippen molar-refractivity contribution in [3.05, 3.63) is 18.6 Å². The van der Waals surface area contributed by atoms with Gasteiger partial charge in [0.25, 0.3) is 0 Å². The van der Waals surface area contributed by atoms with E-state index in [2.05, 4.69) is 19.9 Å². The van der Waals surface area contributed by atoms with Crippen molar-refractivity contribution in [3.63, 3.8) is 0 Å². The van der Waals surface area contributed by atoms with Gasteiger partial charge in [0.15, 0.2) is 0 Å². The summed E-state index contributed by atoms with van der Waals surface area (Å²) >= 11 is 1.98. The summed E-state index contributed by atoms with van der Waals surface area (Å²) in [6.07, 6.45) is 3.33. The quantitative estimate of drug-likeness (QED) is 0.819. The Balaban J connectivity index is 2.11. The van der Waals surface area contributed by atoms with Crippen LogP contribution in [0.25, 0.3) is 10.9 Å². The highest BCUT2D eigenvalue weighted by atomic mass is 32.2. The summed E-state index contributed by atoms with van der Waals surface area (Å²) < 4.78 is 5.25. The molecular formula is C12H14N4OS. The summed E-state index contributed by atoms with van der Waals surface area (Å²) in [6.45, 7) is 2.06. The zero-order chi connectivity index (χ0) is 12.4. The zero-order valence-corrected chi connectivity index (χ0v) is 11.0. The molecule has 0 radical (unpaired) electrons. The number of methoxy groups -OCH3 is 1. The number of anilines is 1. The maximum atomic E-state index is 5.25. The van der Waals surface area contributed by atoms with Gasteiger partial charge in [-0.25, -0.2) is 15.0 Å². The molecule has 1 fully saturated rings. The van der Waals surface area contributed by atoms with Crippen LogP contribution < -0.4 is 9.64 Å². The average Bonchev–Trinajstić information content (AvgIpc) is 2.47. The number of ether oxygens (including phenoxy) is 1. The third-order valence-electron chi connectivity index (χ3n) is 3.00. The molecule has 0 amide bonds. The van der Waals surface area contributed by atoms with E-state index in [1.807, 2.05) is 17.8 Å². The highest BCUT2D eigenvalue weighted by molar-refractivity contribution is 7.99. The second-order valence-electron chi connectivity index (χ2n) is 4.01. The number of hydrogen-bond donors (Lipinski definition) is 0. The van der Waals surface area contributed by atoms with E-state index in [-0.39, 0.29) is 0 Å². The van der Waals surface area contributed by atoms with Crippen molar-refractivity contribution in [3.8, 4) is 5.88 Å². The molecule has 1 aliphatic rings. The number of aromatic nitrogens is 3. The molecule has 18 heavy (non-hydrogen) atoms. The van der Waals surface area contributed by atoms with Crippen LogP contribution in [0.1, 0.15) is 0 Å². The van der Waals surface area contributed by atoms with Crippen LogP contribution in [0.4, 0.5) is 5.82 Å². The standard InChI is InChI=1S/C12H14N4OS/c1-17-12-10-9(2-3-13-12)11(15-8-14-10)16-4-6-18-7-5-16/h2-3,8H,4-7H2,1H3. The largest absolute Gasteiger partial charge is 0.479 e. The second kappa shape index (κ2) is 4.97. The smallest absolute Gasteiger partial charge is 0.240 e. The highest BCUT2D eigenvalue weighted by Crippen LogP contribution is 2.28. The predicted octanol–water partition coefficient (Wildman–Crippen LogP) is 1.59. The fourth-order valence-corrected chi connectivity index (χ4v) is 3.03. The Morgan fingerprint density at radius 2 is 2.06 bits per heavy atom. The molecule has 0 unspecified atom stereocenters. The fraction of sp³-hybridized carbons (Fsp3) is 0.417. The van der Waals surface area contributed by atoms with Crippen molar-refractivity contribution in [2.45, 2.75) is 0 Å². The van der Waals surface area contributed by atoms with Crippen molar-refractivity contribution in [2.75, 3.05) is 36.6 Å². The number of hydrogen-bond acceptors (Lipinski definition) is 6. The molecule has 6 heteroatoms. The number of nitrogens with zero attached hydrogens (tertiary/aromatic N) is 4. The number of thioether (sulfide) groups is 1. The highest BCUT2D eigenvalue weighted by Gasteiger charge is 2.17. The van der Waals surface area contributed by atoms with Gasteiger partial charge in [0.05, 0.1) is 7.11 Å². The van der Waals surface area contributed by atoms with E-state index >= 15 is 0 Å². The molecule has 2 aromatic heterocycles. The summed E-state index contributed by atoms with van der Waals surface area (Å²) in [5.74, 6) is 3.84. The Kier molecular flexibility index (Phi) is 3.19. The molecule has 0 bridgehead atoms. The molecule has 0 aliphatic carbocycles. The third kappa shape index (κ3) is 1.96. The molecule has 0 spiro atoms. The first-order valence-electron chi connectivity index (χ1n) is 5.86. The molecule has 3 heterocycles. The molecular weight excluding hydrogens is 248 g/mol. The van der Waals surface area contributed by atoms with Gasteiger partial charge in [-0.3, -0.25) is 0 Å². The molecule has 2 aromatic rings. The molecule has 1 aliphatic heterocycles. The SMILES string of the molecule is COc1nccc2c(N3CCSCC3)ncnc12. The Labute approximate surface area is 110 Å². The van der Waals surface area contributed by atoms with Crippen molar-refractivity contribution in [2.24, 2.45) is 0 Å². The first-order chi connectivity index (χ1) is 8.90. The Bertz CT molecular complexity index is 557. The van der Waals surface area contributed by atoms with Crippen LogP contribution in [0.2, 0.25) is 0 Å². The lowest BCUT2D eigenvalue weighted by atomic mass is 10.2. The summed E-state index contributed by atoms with van der Waals surface area (Å²) in [6, 6.07) is 1.95. The Hall–Kier alpha value is -1.56. The second-order valence-corrected chi connectivity index (χ2v) is 5.24. The zero-order valence-electron chi connectivity index (χ0n) is 10.2. The minimum absolute atomic E-state index is 0.558. The van der Waals surface area contributed by atoms with Crippen LogP contribution in [-0.4, -0.2) is 46.7 Å². The van der Waals surface area contributed by atoms with Gasteiger partial charge in [0, 0.05) is 36.2 Å². The lowest BCUT2D eigenvalue weighted by molar-refractivity contribution is 0.402. The van der Waals surface area contributed by atoms with E-state index in [0.717, 1.165) is 41.3 Å². The predicted molar refractivity (Wildman–Crippen MR) is 73.4 cm³/mol. The average molecular weight is 262 g/mol. The Morgan fingerprint density at radius 3 is 2.83 bits per heavy atom. The lowest BCUT2D eigenvalue weighted by Gasteiger charge is -2.28. The molecule has 0 N–H and O–H groups in total. The number of fused-ring (bicyclic) bond motifs is 1. The Morgan fingerprint density at radius 1 is 1.22 bits per heavy atom. The molecule has 94 valence electrons. The minimum atomic E-state index is 0.558. The van der Waals surface area contributed by atoms with Crippen LogP contribution in [-0.2, 0) is 0 Å². The van der Waals surface area contributed by atoms with Crippen LogP contribution in [0.15, 0.2) is 18.6 Å². The van der Waals surface area contributed by atoms with Gasteiger partial charge in [-0.1, -0.05) is 0 Å². The van der Waals surface area contributed by atoms with Crippen LogP contribution in [0.3, 0.4) is 0 Å². The van der Waals surface area contributed by atoms with Gasteiger partial charge >= 0.3 is 0 Å². The topological polar surface area (TPSA) is 51.1 Å². The molecule has 3 rings (SSSR count). The number of rotatable bonds is 2. The molecule has 0 saturated carbocycles. The van der Waals surface area contributed by atoms with Gasteiger partial charge < -0.3 is 9.64 Å². The van der Waals surface area contributed by atoms with E-state index in [1.54, 1.807) is 19.6 Å². The van der Waals surface area contributed by atoms with Gasteiger partial charge in [0.1, 0.15) is 17.7 Å². The maximum Gasteiger partial charge on any atom is 0.240 e. The van der Waals surface area contributed by atoms with Crippen LogP contribution in [0, 0.1) is 0 Å². The summed E-state index contributed by atoms with van der Waals surface area (Å²) in [5, 5.41) is 1.01. The van der Waals surface area contributed by atoms with E-state index in [0.29, 0.717) is 5.88 Å². The lowest BCUT2D eigenvalue weighted by Crippen LogP contribution is -2.33. The van der Waals surface area contributed by atoms with E-state index < -0.39 is 0 Å². The summed E-state index contributed by atoms with van der Waals surface area (Å²) in [7, 11) is 1.61. The van der Waals surface area contributed by atoms with E-state index in [4.69, 9.17) is 4.74 Å².